The van der Waals surface area contributed by atoms with Gasteiger partial charge in [-0.25, -0.2) is 8.42 Å². The Hall–Kier alpha value is -2.42. The number of rotatable bonds is 11. The molecule has 0 unspecified atom stereocenters. The number of carbonyl (C=O) groups excluding carboxylic acids is 1. The van der Waals surface area contributed by atoms with Crippen molar-refractivity contribution in [3.63, 3.8) is 0 Å². The molecule has 1 aliphatic rings. The predicted molar refractivity (Wildman–Crippen MR) is 125 cm³/mol. The standard InChI is InChI=1S/C24H33N3O4S/c1-3-26(4-2)16-17-31-23-13-6-5-10-21(23)19-25-24(28)20-11-9-12-22(18-20)32(29,30)27-14-7-8-15-27/h5-6,9-13,18H,3-4,7-8,14-17,19H2,1-2H3,(H,25,28). The number of amides is 1. The molecule has 8 heteroatoms. The zero-order valence-corrected chi connectivity index (χ0v) is 19.7. The molecule has 0 atom stereocenters. The Morgan fingerprint density at radius 3 is 2.50 bits per heavy atom. The molecule has 0 radical (unpaired) electrons. The molecule has 0 aliphatic carbocycles. The number of likely N-dealkylation sites (N-methyl/N-ethyl adjacent to an activating group) is 1. The fourth-order valence-electron chi connectivity index (χ4n) is 3.77. The molecule has 2 aromatic rings. The number of nitrogens with zero attached hydrogens (tertiary/aromatic N) is 2. The first-order valence-corrected chi connectivity index (χ1v) is 12.7. The van der Waals surface area contributed by atoms with Crippen LogP contribution >= 0.6 is 0 Å². The van der Waals surface area contributed by atoms with Gasteiger partial charge in [0.25, 0.3) is 5.91 Å². The zero-order chi connectivity index (χ0) is 23.0. The van der Waals surface area contributed by atoms with E-state index >= 15 is 0 Å². The van der Waals surface area contributed by atoms with Gasteiger partial charge in [-0.15, -0.1) is 0 Å². The molecule has 174 valence electrons. The van der Waals surface area contributed by atoms with Gasteiger partial charge in [-0.3, -0.25) is 4.79 Å². The molecule has 7 nitrogen and oxygen atoms in total. The Balaban J connectivity index is 1.63. The summed E-state index contributed by atoms with van der Waals surface area (Å²) in [7, 11) is -3.56. The normalized spacial score (nSPS) is 14.6. The first-order chi connectivity index (χ1) is 15.5. The second-order valence-electron chi connectivity index (χ2n) is 7.80. The molecule has 1 saturated heterocycles. The number of para-hydroxylation sites is 1. The van der Waals surface area contributed by atoms with E-state index in [9.17, 15) is 13.2 Å². The molecular weight excluding hydrogens is 426 g/mol. The number of hydrogen-bond donors (Lipinski definition) is 1. The van der Waals surface area contributed by atoms with Gasteiger partial charge in [0.05, 0.1) is 4.90 Å². The maximum absolute atomic E-state index is 12.8. The van der Waals surface area contributed by atoms with Gasteiger partial charge in [0.1, 0.15) is 12.4 Å². The summed E-state index contributed by atoms with van der Waals surface area (Å²) >= 11 is 0. The van der Waals surface area contributed by atoms with Crippen LogP contribution in [0.4, 0.5) is 0 Å². The van der Waals surface area contributed by atoms with Crippen molar-refractivity contribution in [2.75, 3.05) is 39.3 Å². The topological polar surface area (TPSA) is 79.0 Å². The van der Waals surface area contributed by atoms with Gasteiger partial charge in [0.15, 0.2) is 0 Å². The van der Waals surface area contributed by atoms with Crippen LogP contribution in [0.5, 0.6) is 5.75 Å². The van der Waals surface area contributed by atoms with Crippen molar-refractivity contribution in [3.8, 4) is 5.75 Å². The number of hydrogen-bond acceptors (Lipinski definition) is 5. The third-order valence-electron chi connectivity index (χ3n) is 5.77. The second kappa shape index (κ2) is 11.4. The summed E-state index contributed by atoms with van der Waals surface area (Å²) < 4.78 is 33.0. The molecule has 0 saturated carbocycles. The first-order valence-electron chi connectivity index (χ1n) is 11.3. The smallest absolute Gasteiger partial charge is 0.251 e. The average Bonchev–Trinajstić information content (AvgIpc) is 3.37. The van der Waals surface area contributed by atoms with Gasteiger partial charge in [-0.1, -0.05) is 38.1 Å². The summed E-state index contributed by atoms with van der Waals surface area (Å²) in [6.45, 7) is 8.97. The van der Waals surface area contributed by atoms with E-state index in [4.69, 9.17) is 4.74 Å². The highest BCUT2D eigenvalue weighted by Gasteiger charge is 2.27. The van der Waals surface area contributed by atoms with Crippen LogP contribution in [-0.2, 0) is 16.6 Å². The molecule has 2 aromatic carbocycles. The van der Waals surface area contributed by atoms with Crippen LogP contribution in [0.1, 0.15) is 42.6 Å². The van der Waals surface area contributed by atoms with Crippen molar-refractivity contribution in [2.24, 2.45) is 0 Å². The highest BCUT2D eigenvalue weighted by molar-refractivity contribution is 7.89. The lowest BCUT2D eigenvalue weighted by atomic mass is 10.1. The highest BCUT2D eigenvalue weighted by atomic mass is 32.2. The van der Waals surface area contributed by atoms with Crippen molar-refractivity contribution < 1.29 is 17.9 Å². The number of carbonyl (C=O) groups is 1. The molecule has 1 heterocycles. The van der Waals surface area contributed by atoms with Crippen LogP contribution in [0.3, 0.4) is 0 Å². The Bertz CT molecular complexity index is 1000. The van der Waals surface area contributed by atoms with Crippen LogP contribution in [0.15, 0.2) is 53.4 Å². The van der Waals surface area contributed by atoms with E-state index in [1.807, 2.05) is 24.3 Å². The van der Waals surface area contributed by atoms with Gasteiger partial charge >= 0.3 is 0 Å². The molecule has 32 heavy (non-hydrogen) atoms. The minimum Gasteiger partial charge on any atom is -0.492 e. The van der Waals surface area contributed by atoms with Crippen LogP contribution < -0.4 is 10.1 Å². The maximum atomic E-state index is 12.8. The lowest BCUT2D eigenvalue weighted by Crippen LogP contribution is -2.29. The maximum Gasteiger partial charge on any atom is 0.251 e. The van der Waals surface area contributed by atoms with E-state index in [-0.39, 0.29) is 10.8 Å². The van der Waals surface area contributed by atoms with Crippen molar-refractivity contribution in [3.05, 3.63) is 59.7 Å². The molecule has 1 N–H and O–H groups in total. The molecule has 0 bridgehead atoms. The van der Waals surface area contributed by atoms with Crippen LogP contribution in [0, 0.1) is 0 Å². The van der Waals surface area contributed by atoms with Crippen molar-refractivity contribution in [2.45, 2.75) is 38.1 Å². The largest absolute Gasteiger partial charge is 0.492 e. The number of ether oxygens (including phenoxy) is 1. The number of nitrogens with one attached hydrogen (secondary N) is 1. The Kier molecular flexibility index (Phi) is 8.67. The highest BCUT2D eigenvalue weighted by Crippen LogP contribution is 2.22. The first kappa shape index (κ1) is 24.2. The van der Waals surface area contributed by atoms with Gasteiger partial charge < -0.3 is 15.0 Å². The summed E-state index contributed by atoms with van der Waals surface area (Å²) in [5, 5.41) is 2.89. The lowest BCUT2D eigenvalue weighted by molar-refractivity contribution is 0.0950. The van der Waals surface area contributed by atoms with Crippen LogP contribution in [0.25, 0.3) is 0 Å². The third-order valence-corrected chi connectivity index (χ3v) is 7.67. The minimum atomic E-state index is -3.56. The fraction of sp³-hybridized carbons (Fsp3) is 0.458. The summed E-state index contributed by atoms with van der Waals surface area (Å²) in [5.74, 6) is 0.423. The molecule has 0 spiro atoms. The van der Waals surface area contributed by atoms with Crippen LogP contribution in [0.2, 0.25) is 0 Å². The lowest BCUT2D eigenvalue weighted by Gasteiger charge is -2.19. The van der Waals surface area contributed by atoms with E-state index < -0.39 is 10.0 Å². The van der Waals surface area contributed by atoms with E-state index in [1.54, 1.807) is 18.2 Å². The molecular formula is C24H33N3O4S. The molecule has 1 fully saturated rings. The van der Waals surface area contributed by atoms with E-state index in [1.165, 1.54) is 10.4 Å². The monoisotopic (exact) mass is 459 g/mol. The SMILES string of the molecule is CCN(CC)CCOc1ccccc1CNC(=O)c1cccc(S(=O)(=O)N2CCCC2)c1. The van der Waals surface area contributed by atoms with Crippen molar-refractivity contribution >= 4 is 15.9 Å². The third kappa shape index (κ3) is 6.09. The number of benzene rings is 2. The summed E-state index contributed by atoms with van der Waals surface area (Å²) in [6.07, 6.45) is 1.74. The quantitative estimate of drug-likeness (QED) is 0.559. The molecule has 0 aromatic heterocycles. The minimum absolute atomic E-state index is 0.159. The molecule has 1 amide bonds. The Morgan fingerprint density at radius 2 is 1.78 bits per heavy atom. The Morgan fingerprint density at radius 1 is 1.06 bits per heavy atom. The van der Waals surface area contributed by atoms with Crippen molar-refractivity contribution in [1.29, 1.82) is 0 Å². The molecule has 1 aliphatic heterocycles. The van der Waals surface area contributed by atoms with Crippen LogP contribution in [-0.4, -0.2) is 62.9 Å². The van der Waals surface area contributed by atoms with Gasteiger partial charge in [-0.05, 0) is 50.2 Å². The number of sulfonamides is 1. The van der Waals surface area contributed by atoms with Gasteiger partial charge in [0, 0.05) is 37.3 Å². The van der Waals surface area contributed by atoms with Gasteiger partial charge in [0.2, 0.25) is 10.0 Å². The van der Waals surface area contributed by atoms with Gasteiger partial charge in [-0.2, -0.15) is 4.31 Å². The van der Waals surface area contributed by atoms with E-state index in [0.29, 0.717) is 31.8 Å². The average molecular weight is 460 g/mol. The van der Waals surface area contributed by atoms with Crippen molar-refractivity contribution in [1.82, 2.24) is 14.5 Å². The summed E-state index contributed by atoms with van der Waals surface area (Å²) in [4.78, 5) is 15.2. The summed E-state index contributed by atoms with van der Waals surface area (Å²) in [5.41, 5.74) is 1.20. The fourth-order valence-corrected chi connectivity index (χ4v) is 5.33. The summed E-state index contributed by atoms with van der Waals surface area (Å²) in [6, 6.07) is 13.9. The Labute approximate surface area is 191 Å². The van der Waals surface area contributed by atoms with E-state index in [2.05, 4.69) is 24.1 Å². The zero-order valence-electron chi connectivity index (χ0n) is 18.9. The second-order valence-corrected chi connectivity index (χ2v) is 9.74. The predicted octanol–water partition coefficient (Wildman–Crippen LogP) is 3.12. The molecule has 3 rings (SSSR count). The van der Waals surface area contributed by atoms with E-state index in [0.717, 1.165) is 43.8 Å².